The molecule has 0 saturated heterocycles. The average molecular weight is 322 g/mol. The van der Waals surface area contributed by atoms with Gasteiger partial charge in [0, 0.05) is 27.1 Å². The first-order chi connectivity index (χ1) is 10.1. The Morgan fingerprint density at radius 2 is 1.05 bits per heavy atom. The highest BCUT2D eigenvalue weighted by Crippen LogP contribution is 2.13. The number of hydrogen-bond acceptors (Lipinski definition) is 8. The van der Waals surface area contributed by atoms with Crippen LogP contribution in [-0.4, -0.2) is 50.9 Å². The minimum atomic E-state index is -1.12. The van der Waals surface area contributed by atoms with Gasteiger partial charge in [0.2, 0.25) is 0 Å². The summed E-state index contributed by atoms with van der Waals surface area (Å²) < 4.78 is 19.7. The summed E-state index contributed by atoms with van der Waals surface area (Å²) >= 11 is 0. The van der Waals surface area contributed by atoms with Gasteiger partial charge in [-0.15, -0.1) is 0 Å². The molecule has 0 N–H and O–H groups in total. The van der Waals surface area contributed by atoms with Crippen molar-refractivity contribution in [2.24, 2.45) is 0 Å². The second-order valence-electron chi connectivity index (χ2n) is 5.79. The molecule has 0 aromatic carbocycles. The molecule has 0 unspecified atom stereocenters. The van der Waals surface area contributed by atoms with Gasteiger partial charge >= 0.3 is 12.3 Å². The van der Waals surface area contributed by atoms with Crippen LogP contribution in [0.5, 0.6) is 0 Å². The SMILES string of the molecule is COC(C)(C)CCOC(=O)OOC(=O)OCCC(C)(C)OC. The Kier molecular flexibility index (Phi) is 8.81. The van der Waals surface area contributed by atoms with E-state index in [0.29, 0.717) is 12.8 Å². The molecule has 0 spiro atoms. The summed E-state index contributed by atoms with van der Waals surface area (Å²) in [5.74, 6) is 0. The predicted molar refractivity (Wildman–Crippen MR) is 76.3 cm³/mol. The van der Waals surface area contributed by atoms with E-state index in [2.05, 4.69) is 9.78 Å². The van der Waals surface area contributed by atoms with Gasteiger partial charge in [-0.2, -0.15) is 19.4 Å². The molecular formula is C14H26O8. The maximum Gasteiger partial charge on any atom is 0.549 e. The predicted octanol–water partition coefficient (Wildman–Crippen LogP) is 2.84. The van der Waals surface area contributed by atoms with E-state index >= 15 is 0 Å². The van der Waals surface area contributed by atoms with Crippen molar-refractivity contribution in [3.05, 3.63) is 0 Å². The highest BCUT2D eigenvalue weighted by molar-refractivity contribution is 5.63. The van der Waals surface area contributed by atoms with Crippen molar-refractivity contribution in [2.45, 2.75) is 51.7 Å². The molecular weight excluding hydrogens is 296 g/mol. The van der Waals surface area contributed by atoms with Crippen molar-refractivity contribution in [3.63, 3.8) is 0 Å². The smallest absolute Gasteiger partial charge is 0.432 e. The maximum atomic E-state index is 11.2. The summed E-state index contributed by atoms with van der Waals surface area (Å²) in [6.07, 6.45) is -1.31. The maximum absolute atomic E-state index is 11.2. The summed E-state index contributed by atoms with van der Waals surface area (Å²) in [5, 5.41) is 0. The van der Waals surface area contributed by atoms with Gasteiger partial charge in [-0.1, -0.05) is 0 Å². The Morgan fingerprint density at radius 3 is 1.32 bits per heavy atom. The molecule has 0 aromatic heterocycles. The van der Waals surface area contributed by atoms with E-state index in [0.717, 1.165) is 0 Å². The average Bonchev–Trinajstić information content (AvgIpc) is 2.45. The molecule has 0 rings (SSSR count). The van der Waals surface area contributed by atoms with Gasteiger partial charge in [0.05, 0.1) is 24.4 Å². The van der Waals surface area contributed by atoms with E-state index in [1.54, 1.807) is 14.2 Å². The van der Waals surface area contributed by atoms with Crippen LogP contribution in [0.2, 0.25) is 0 Å². The van der Waals surface area contributed by atoms with Crippen LogP contribution in [0.15, 0.2) is 0 Å². The summed E-state index contributed by atoms with van der Waals surface area (Å²) in [4.78, 5) is 30.6. The zero-order chi connectivity index (χ0) is 17.2. The normalized spacial score (nSPS) is 11.7. The van der Waals surface area contributed by atoms with E-state index in [9.17, 15) is 9.59 Å². The van der Waals surface area contributed by atoms with Gasteiger partial charge in [-0.05, 0) is 27.7 Å². The number of hydrogen-bond donors (Lipinski definition) is 0. The Bertz CT molecular complexity index is 317. The molecule has 0 saturated carbocycles. The van der Waals surface area contributed by atoms with Crippen molar-refractivity contribution in [1.29, 1.82) is 0 Å². The number of ether oxygens (including phenoxy) is 4. The van der Waals surface area contributed by atoms with Gasteiger partial charge in [0.25, 0.3) is 0 Å². The first kappa shape index (κ1) is 20.5. The van der Waals surface area contributed by atoms with Crippen molar-refractivity contribution in [3.8, 4) is 0 Å². The topological polar surface area (TPSA) is 89.5 Å². The van der Waals surface area contributed by atoms with Gasteiger partial charge in [-0.25, -0.2) is 0 Å². The fourth-order valence-electron chi connectivity index (χ4n) is 1.08. The first-order valence-corrected chi connectivity index (χ1v) is 6.90. The van der Waals surface area contributed by atoms with E-state index in [4.69, 9.17) is 18.9 Å². The molecule has 22 heavy (non-hydrogen) atoms. The molecule has 130 valence electrons. The van der Waals surface area contributed by atoms with Crippen LogP contribution < -0.4 is 0 Å². The van der Waals surface area contributed by atoms with E-state index in [1.807, 2.05) is 27.7 Å². The van der Waals surface area contributed by atoms with Crippen LogP contribution in [0.1, 0.15) is 40.5 Å². The van der Waals surface area contributed by atoms with E-state index in [-0.39, 0.29) is 13.2 Å². The van der Waals surface area contributed by atoms with Gasteiger partial charge < -0.3 is 18.9 Å². The Labute approximate surface area is 130 Å². The van der Waals surface area contributed by atoms with Gasteiger partial charge in [0.15, 0.2) is 0 Å². The third-order valence-electron chi connectivity index (χ3n) is 3.13. The summed E-state index contributed by atoms with van der Waals surface area (Å²) in [5.41, 5.74) is -0.845. The monoisotopic (exact) mass is 322 g/mol. The highest BCUT2D eigenvalue weighted by atomic mass is 17.3. The first-order valence-electron chi connectivity index (χ1n) is 6.90. The molecule has 0 aliphatic carbocycles. The molecule has 0 atom stereocenters. The molecule has 0 amide bonds. The molecule has 0 radical (unpaired) electrons. The van der Waals surface area contributed by atoms with Crippen LogP contribution >= 0.6 is 0 Å². The largest absolute Gasteiger partial charge is 0.549 e. The summed E-state index contributed by atoms with van der Waals surface area (Å²) in [7, 11) is 3.12. The van der Waals surface area contributed by atoms with Crippen LogP contribution in [0, 0.1) is 0 Å². The zero-order valence-electron chi connectivity index (χ0n) is 14.1. The number of carbonyl (C=O) groups excluding carboxylic acids is 2. The second kappa shape index (κ2) is 9.47. The fourth-order valence-corrected chi connectivity index (χ4v) is 1.08. The van der Waals surface area contributed by atoms with Crippen molar-refractivity contribution < 1.29 is 38.3 Å². The van der Waals surface area contributed by atoms with Gasteiger partial charge in [-0.3, -0.25) is 0 Å². The molecule has 0 aromatic rings. The lowest BCUT2D eigenvalue weighted by atomic mass is 10.1. The zero-order valence-corrected chi connectivity index (χ0v) is 14.1. The standard InChI is InChI=1S/C14H26O8/c1-13(2,17-5)7-9-19-11(15)21-22-12(16)20-10-8-14(3,4)18-6/h7-10H2,1-6H3. The minimum absolute atomic E-state index is 0.0696. The number of rotatable bonds is 8. The molecule has 0 bridgehead atoms. The Morgan fingerprint density at radius 1 is 0.727 bits per heavy atom. The Balaban J connectivity index is 3.76. The molecule has 0 heterocycles. The third-order valence-corrected chi connectivity index (χ3v) is 3.13. The lowest BCUT2D eigenvalue weighted by Gasteiger charge is -2.22. The molecule has 8 nitrogen and oxygen atoms in total. The minimum Gasteiger partial charge on any atom is -0.432 e. The fraction of sp³-hybridized carbons (Fsp3) is 0.857. The van der Waals surface area contributed by atoms with Crippen LogP contribution in [0.3, 0.4) is 0 Å². The van der Waals surface area contributed by atoms with Crippen LogP contribution in [-0.2, 0) is 28.7 Å². The van der Waals surface area contributed by atoms with E-state index in [1.165, 1.54) is 0 Å². The van der Waals surface area contributed by atoms with Crippen molar-refractivity contribution in [2.75, 3.05) is 27.4 Å². The molecule has 0 fully saturated rings. The molecule has 0 aliphatic rings. The summed E-state index contributed by atoms with van der Waals surface area (Å²) in [6, 6.07) is 0. The van der Waals surface area contributed by atoms with E-state index < -0.39 is 23.5 Å². The van der Waals surface area contributed by atoms with Crippen LogP contribution in [0.25, 0.3) is 0 Å². The Hall–Kier alpha value is -1.54. The third kappa shape index (κ3) is 10.2. The lowest BCUT2D eigenvalue weighted by molar-refractivity contribution is -0.219. The number of carbonyl (C=O) groups is 2. The summed E-state index contributed by atoms with van der Waals surface area (Å²) in [6.45, 7) is 7.52. The highest BCUT2D eigenvalue weighted by Gasteiger charge is 2.20. The quantitative estimate of drug-likeness (QED) is 0.383. The second-order valence-corrected chi connectivity index (χ2v) is 5.79. The van der Waals surface area contributed by atoms with Crippen molar-refractivity contribution in [1.82, 2.24) is 0 Å². The number of methoxy groups -OCH3 is 2. The van der Waals surface area contributed by atoms with Crippen LogP contribution in [0.4, 0.5) is 9.59 Å². The molecule has 0 aliphatic heterocycles. The van der Waals surface area contributed by atoms with Gasteiger partial charge in [0.1, 0.15) is 0 Å². The lowest BCUT2D eigenvalue weighted by Crippen LogP contribution is -2.26. The van der Waals surface area contributed by atoms with Crippen molar-refractivity contribution >= 4 is 12.3 Å². The molecule has 8 heteroatoms.